The fourth-order valence-electron chi connectivity index (χ4n) is 2.13. The van der Waals surface area contributed by atoms with Gasteiger partial charge in [0.15, 0.2) is 0 Å². The summed E-state index contributed by atoms with van der Waals surface area (Å²) in [6.45, 7) is 8.12. The average Bonchev–Trinajstić information content (AvgIpc) is 2.45. The van der Waals surface area contributed by atoms with Crippen LogP contribution >= 0.6 is 0 Å². The number of rotatable bonds is 8. The maximum atomic E-state index is 5.51. The first-order valence-corrected chi connectivity index (χ1v) is 7.20. The molecule has 110 valence electrons. The second-order valence-corrected chi connectivity index (χ2v) is 5.04. The van der Waals surface area contributed by atoms with E-state index in [9.17, 15) is 0 Å². The van der Waals surface area contributed by atoms with E-state index in [0.29, 0.717) is 0 Å². The number of ether oxygens (including phenoxy) is 2. The molecule has 0 fully saturated rings. The van der Waals surface area contributed by atoms with Gasteiger partial charge in [0.05, 0.1) is 14.2 Å². The monoisotopic (exact) mass is 274 g/mol. The summed E-state index contributed by atoms with van der Waals surface area (Å²) in [5.41, 5.74) is 3.43. The lowest BCUT2D eigenvalue weighted by Gasteiger charge is -2.13. The lowest BCUT2D eigenvalue weighted by atomic mass is 9.99. The van der Waals surface area contributed by atoms with E-state index in [1.165, 1.54) is 24.8 Å². The van der Waals surface area contributed by atoms with E-state index in [0.717, 1.165) is 29.1 Å². The molecule has 1 aromatic carbocycles. The molecule has 0 aliphatic carbocycles. The van der Waals surface area contributed by atoms with E-state index in [1.807, 2.05) is 19.1 Å². The summed E-state index contributed by atoms with van der Waals surface area (Å²) in [5, 5.41) is 0. The van der Waals surface area contributed by atoms with Crippen LogP contribution in [-0.2, 0) is 6.42 Å². The zero-order valence-corrected chi connectivity index (χ0v) is 13.2. The summed E-state index contributed by atoms with van der Waals surface area (Å²) >= 11 is 0. The number of allylic oxidation sites excluding steroid dienone is 2. The standard InChI is InChI=1S/C18H26O2/c1-6-7-8-9-15-12-16(19-4)13-18(20-5)17(15)11-10-14(2)3/h10-13H,2,6-9H2,1,3-5H3/b11-10+. The van der Waals surface area contributed by atoms with Gasteiger partial charge in [0.1, 0.15) is 11.5 Å². The first-order valence-electron chi connectivity index (χ1n) is 7.20. The zero-order chi connectivity index (χ0) is 15.0. The van der Waals surface area contributed by atoms with Crippen molar-refractivity contribution in [3.63, 3.8) is 0 Å². The van der Waals surface area contributed by atoms with Crippen LogP contribution < -0.4 is 9.47 Å². The summed E-state index contributed by atoms with van der Waals surface area (Å²) in [5.74, 6) is 1.70. The zero-order valence-electron chi connectivity index (χ0n) is 13.2. The van der Waals surface area contributed by atoms with Crippen LogP contribution in [0.5, 0.6) is 11.5 Å². The van der Waals surface area contributed by atoms with Crippen molar-refractivity contribution in [2.45, 2.75) is 39.5 Å². The van der Waals surface area contributed by atoms with Crippen LogP contribution in [0.15, 0.2) is 30.4 Å². The summed E-state index contributed by atoms with van der Waals surface area (Å²) in [6, 6.07) is 4.04. The van der Waals surface area contributed by atoms with Crippen LogP contribution in [0.3, 0.4) is 0 Å². The van der Waals surface area contributed by atoms with Crippen LogP contribution in [0.2, 0.25) is 0 Å². The fraction of sp³-hybridized carbons (Fsp3) is 0.444. The van der Waals surface area contributed by atoms with Crippen molar-refractivity contribution >= 4 is 6.08 Å². The third kappa shape index (κ3) is 4.76. The van der Waals surface area contributed by atoms with Gasteiger partial charge in [0, 0.05) is 11.6 Å². The maximum absolute atomic E-state index is 5.51. The minimum Gasteiger partial charge on any atom is -0.497 e. The Morgan fingerprint density at radius 1 is 1.20 bits per heavy atom. The Balaban J connectivity index is 3.16. The normalized spacial score (nSPS) is 10.8. The second kappa shape index (κ2) is 8.47. The number of unbranched alkanes of at least 4 members (excludes halogenated alkanes) is 2. The first-order chi connectivity index (χ1) is 9.62. The third-order valence-electron chi connectivity index (χ3n) is 3.24. The molecule has 0 saturated carbocycles. The van der Waals surface area contributed by atoms with Gasteiger partial charge >= 0.3 is 0 Å². The van der Waals surface area contributed by atoms with Crippen molar-refractivity contribution in [1.82, 2.24) is 0 Å². The molecule has 0 unspecified atom stereocenters. The Morgan fingerprint density at radius 3 is 2.50 bits per heavy atom. The molecule has 0 N–H and O–H groups in total. The topological polar surface area (TPSA) is 18.5 Å². The highest BCUT2D eigenvalue weighted by atomic mass is 16.5. The van der Waals surface area contributed by atoms with Crippen molar-refractivity contribution in [2.75, 3.05) is 14.2 Å². The lowest BCUT2D eigenvalue weighted by molar-refractivity contribution is 0.392. The molecule has 0 spiro atoms. The molecule has 2 heteroatoms. The minimum atomic E-state index is 0.848. The van der Waals surface area contributed by atoms with Crippen molar-refractivity contribution in [1.29, 1.82) is 0 Å². The quantitative estimate of drug-likeness (QED) is 0.489. The summed E-state index contributed by atoms with van der Waals surface area (Å²) < 4.78 is 10.9. The predicted molar refractivity (Wildman–Crippen MR) is 86.6 cm³/mol. The molecule has 0 aliphatic heterocycles. The predicted octanol–water partition coefficient (Wildman–Crippen LogP) is 5.03. The highest BCUT2D eigenvalue weighted by Crippen LogP contribution is 2.31. The van der Waals surface area contributed by atoms with Crippen molar-refractivity contribution in [3.8, 4) is 11.5 Å². The van der Waals surface area contributed by atoms with Gasteiger partial charge < -0.3 is 9.47 Å². The summed E-state index contributed by atoms with van der Waals surface area (Å²) in [4.78, 5) is 0. The van der Waals surface area contributed by atoms with Gasteiger partial charge in [0.25, 0.3) is 0 Å². The molecule has 0 atom stereocenters. The van der Waals surface area contributed by atoms with E-state index in [-0.39, 0.29) is 0 Å². The number of hydrogen-bond donors (Lipinski definition) is 0. The summed E-state index contributed by atoms with van der Waals surface area (Å²) in [7, 11) is 3.39. The smallest absolute Gasteiger partial charge is 0.130 e. The number of methoxy groups -OCH3 is 2. The van der Waals surface area contributed by atoms with Crippen molar-refractivity contribution in [2.24, 2.45) is 0 Å². The third-order valence-corrected chi connectivity index (χ3v) is 3.24. The maximum Gasteiger partial charge on any atom is 0.130 e. The van der Waals surface area contributed by atoms with Crippen LogP contribution in [0.4, 0.5) is 0 Å². The van der Waals surface area contributed by atoms with Crippen LogP contribution in [0, 0.1) is 0 Å². The molecule has 1 aromatic rings. The van der Waals surface area contributed by atoms with E-state index < -0.39 is 0 Å². The molecule has 0 bridgehead atoms. The Hall–Kier alpha value is -1.70. The molecule has 20 heavy (non-hydrogen) atoms. The molecule has 0 saturated heterocycles. The fourth-order valence-corrected chi connectivity index (χ4v) is 2.13. The van der Waals surface area contributed by atoms with E-state index in [2.05, 4.69) is 25.6 Å². The SMILES string of the molecule is C=C(C)/C=C/c1c(CCCCC)cc(OC)cc1OC. The molecular formula is C18H26O2. The van der Waals surface area contributed by atoms with Gasteiger partial charge in [-0.2, -0.15) is 0 Å². The Morgan fingerprint density at radius 2 is 1.95 bits per heavy atom. The number of hydrogen-bond acceptors (Lipinski definition) is 2. The van der Waals surface area contributed by atoms with Gasteiger partial charge in [-0.1, -0.05) is 44.1 Å². The van der Waals surface area contributed by atoms with Crippen LogP contribution in [0.1, 0.15) is 44.2 Å². The average molecular weight is 274 g/mol. The molecule has 2 nitrogen and oxygen atoms in total. The van der Waals surface area contributed by atoms with Gasteiger partial charge in [-0.05, 0) is 31.4 Å². The highest BCUT2D eigenvalue weighted by Gasteiger charge is 2.10. The lowest BCUT2D eigenvalue weighted by Crippen LogP contribution is -1.97. The Bertz CT molecular complexity index is 473. The van der Waals surface area contributed by atoms with E-state index >= 15 is 0 Å². The van der Waals surface area contributed by atoms with Crippen LogP contribution in [0.25, 0.3) is 6.08 Å². The minimum absolute atomic E-state index is 0.848. The van der Waals surface area contributed by atoms with Crippen molar-refractivity contribution in [3.05, 3.63) is 41.5 Å². The Labute approximate surface area is 123 Å². The molecule has 0 aliphatic rings. The molecule has 1 rings (SSSR count). The molecule has 0 heterocycles. The largest absolute Gasteiger partial charge is 0.497 e. The molecule has 0 radical (unpaired) electrons. The van der Waals surface area contributed by atoms with Gasteiger partial charge in [-0.15, -0.1) is 0 Å². The first kappa shape index (κ1) is 16.4. The van der Waals surface area contributed by atoms with Gasteiger partial charge in [-0.25, -0.2) is 0 Å². The molecule has 0 aromatic heterocycles. The molecule has 0 amide bonds. The van der Waals surface area contributed by atoms with Gasteiger partial charge in [0.2, 0.25) is 0 Å². The van der Waals surface area contributed by atoms with E-state index in [4.69, 9.17) is 9.47 Å². The second-order valence-electron chi connectivity index (χ2n) is 5.04. The van der Waals surface area contributed by atoms with E-state index in [1.54, 1.807) is 14.2 Å². The highest BCUT2D eigenvalue weighted by molar-refractivity contribution is 5.65. The van der Waals surface area contributed by atoms with Crippen LogP contribution in [-0.4, -0.2) is 14.2 Å². The van der Waals surface area contributed by atoms with Crippen molar-refractivity contribution < 1.29 is 9.47 Å². The van der Waals surface area contributed by atoms with Gasteiger partial charge in [-0.3, -0.25) is 0 Å². The number of benzene rings is 1. The summed E-state index contributed by atoms with van der Waals surface area (Å²) in [6.07, 6.45) is 8.79. The number of aryl methyl sites for hydroxylation is 1. The Kier molecular flexibility index (Phi) is 6.92. The molecular weight excluding hydrogens is 248 g/mol.